The van der Waals surface area contributed by atoms with Gasteiger partial charge in [-0.05, 0) is 18.2 Å². The molecule has 0 radical (unpaired) electrons. The van der Waals surface area contributed by atoms with Gasteiger partial charge in [0.25, 0.3) is 0 Å². The summed E-state index contributed by atoms with van der Waals surface area (Å²) in [5.74, 6) is 0.716. The number of thiazole rings is 1. The normalized spacial score (nSPS) is 10.4. The maximum atomic E-state index is 10.2. The molecular weight excluding hydrogens is 236 g/mol. The van der Waals surface area contributed by atoms with Crippen LogP contribution in [-0.2, 0) is 4.79 Å². The van der Waals surface area contributed by atoms with Crippen molar-refractivity contribution in [2.45, 2.75) is 0 Å². The van der Waals surface area contributed by atoms with Gasteiger partial charge in [-0.15, -0.1) is 11.3 Å². The van der Waals surface area contributed by atoms with Crippen LogP contribution < -0.4 is 0 Å². The van der Waals surface area contributed by atoms with Gasteiger partial charge in [0.1, 0.15) is 5.69 Å². The van der Waals surface area contributed by atoms with Crippen LogP contribution in [0.3, 0.4) is 0 Å². The molecule has 0 spiro atoms. The van der Waals surface area contributed by atoms with Crippen LogP contribution in [0.2, 0.25) is 0 Å². The monoisotopic (exact) mass is 242 g/mol. The Morgan fingerprint density at radius 2 is 2.35 bits per heavy atom. The molecule has 0 aliphatic carbocycles. The van der Waals surface area contributed by atoms with E-state index in [0.29, 0.717) is 11.5 Å². The van der Waals surface area contributed by atoms with E-state index in [9.17, 15) is 4.79 Å². The van der Waals surface area contributed by atoms with Crippen molar-refractivity contribution in [3.63, 3.8) is 0 Å². The molecule has 5 nitrogen and oxygen atoms in total. The third-order valence-electron chi connectivity index (χ3n) is 2.32. The molecule has 0 fully saturated rings. The lowest BCUT2D eigenvalue weighted by atomic mass is 10.3. The molecule has 1 N–H and O–H groups in total. The number of aliphatic imine (C=N–C) groups is 1. The van der Waals surface area contributed by atoms with Crippen LogP contribution in [-0.4, -0.2) is 21.0 Å². The molecule has 3 rings (SSSR count). The average molecular weight is 242 g/mol. The summed E-state index contributed by atoms with van der Waals surface area (Å²) in [5, 5.41) is 1.92. The van der Waals surface area contributed by atoms with Crippen molar-refractivity contribution < 1.29 is 4.79 Å². The number of H-pyrrole nitrogens is 1. The smallest absolute Gasteiger partial charge is 0.240 e. The van der Waals surface area contributed by atoms with Crippen molar-refractivity contribution in [1.29, 1.82) is 0 Å². The van der Waals surface area contributed by atoms with E-state index in [2.05, 4.69) is 19.9 Å². The Kier molecular flexibility index (Phi) is 2.29. The Hall–Kier alpha value is -2.30. The van der Waals surface area contributed by atoms with Crippen LogP contribution in [0.5, 0.6) is 0 Å². The van der Waals surface area contributed by atoms with E-state index >= 15 is 0 Å². The van der Waals surface area contributed by atoms with E-state index in [1.807, 2.05) is 5.38 Å². The van der Waals surface area contributed by atoms with Gasteiger partial charge in [0, 0.05) is 5.38 Å². The van der Waals surface area contributed by atoms with E-state index in [1.165, 1.54) is 17.4 Å². The van der Waals surface area contributed by atoms with Gasteiger partial charge in [-0.2, -0.15) is 4.99 Å². The summed E-state index contributed by atoms with van der Waals surface area (Å²) in [4.78, 5) is 25.5. The van der Waals surface area contributed by atoms with Gasteiger partial charge in [-0.25, -0.2) is 14.8 Å². The van der Waals surface area contributed by atoms with Crippen molar-refractivity contribution in [2.75, 3.05) is 0 Å². The highest BCUT2D eigenvalue weighted by molar-refractivity contribution is 7.07. The molecule has 2 heterocycles. The fourth-order valence-electron chi connectivity index (χ4n) is 1.57. The Bertz CT molecular complexity index is 710. The highest BCUT2D eigenvalue weighted by Gasteiger charge is 2.06. The van der Waals surface area contributed by atoms with Crippen molar-refractivity contribution in [3.05, 3.63) is 29.1 Å². The Morgan fingerprint density at radius 1 is 1.41 bits per heavy atom. The molecular formula is C11H6N4OS. The lowest BCUT2D eigenvalue weighted by Crippen LogP contribution is -1.77. The lowest BCUT2D eigenvalue weighted by Gasteiger charge is -1.89. The maximum absolute atomic E-state index is 10.2. The summed E-state index contributed by atoms with van der Waals surface area (Å²) in [6.07, 6.45) is 1.51. The minimum absolute atomic E-state index is 0.556. The van der Waals surface area contributed by atoms with Gasteiger partial charge in [-0.1, -0.05) is 0 Å². The number of aromatic amines is 1. The first-order chi connectivity index (χ1) is 8.36. The van der Waals surface area contributed by atoms with Gasteiger partial charge < -0.3 is 4.98 Å². The van der Waals surface area contributed by atoms with E-state index < -0.39 is 0 Å². The van der Waals surface area contributed by atoms with E-state index in [-0.39, 0.29) is 0 Å². The van der Waals surface area contributed by atoms with Crippen molar-refractivity contribution in [2.24, 2.45) is 4.99 Å². The summed E-state index contributed by atoms with van der Waals surface area (Å²) in [7, 11) is 0. The van der Waals surface area contributed by atoms with Crippen LogP contribution in [0.25, 0.3) is 22.6 Å². The third kappa shape index (κ3) is 1.75. The molecule has 0 unspecified atom stereocenters. The van der Waals surface area contributed by atoms with E-state index in [1.54, 1.807) is 23.7 Å². The van der Waals surface area contributed by atoms with Crippen LogP contribution in [0.15, 0.2) is 34.1 Å². The molecule has 17 heavy (non-hydrogen) atoms. The first-order valence-electron chi connectivity index (χ1n) is 4.83. The lowest BCUT2D eigenvalue weighted by molar-refractivity contribution is 0.565. The zero-order valence-electron chi connectivity index (χ0n) is 8.54. The molecule has 0 saturated carbocycles. The highest BCUT2D eigenvalue weighted by atomic mass is 32.1. The minimum Gasteiger partial charge on any atom is -0.337 e. The number of nitrogens with zero attached hydrogens (tertiary/aromatic N) is 3. The molecule has 6 heteroatoms. The summed E-state index contributed by atoms with van der Waals surface area (Å²) >= 11 is 1.51. The quantitative estimate of drug-likeness (QED) is 0.554. The summed E-state index contributed by atoms with van der Waals surface area (Å²) in [5.41, 5.74) is 4.76. The predicted octanol–water partition coefficient (Wildman–Crippen LogP) is 2.65. The number of benzene rings is 1. The number of fused-ring (bicyclic) bond motifs is 1. The van der Waals surface area contributed by atoms with Crippen LogP contribution in [0.1, 0.15) is 0 Å². The van der Waals surface area contributed by atoms with Crippen LogP contribution in [0, 0.1) is 0 Å². The van der Waals surface area contributed by atoms with Crippen molar-refractivity contribution in [3.8, 4) is 11.5 Å². The van der Waals surface area contributed by atoms with Crippen LogP contribution in [0.4, 0.5) is 5.69 Å². The third-order valence-corrected chi connectivity index (χ3v) is 2.90. The fourth-order valence-corrected chi connectivity index (χ4v) is 2.11. The number of isocyanates is 1. The van der Waals surface area contributed by atoms with Gasteiger partial charge in [-0.3, -0.25) is 0 Å². The number of hydrogen-bond acceptors (Lipinski definition) is 5. The molecule has 0 saturated heterocycles. The minimum atomic E-state index is 0.556. The van der Waals surface area contributed by atoms with Gasteiger partial charge in [0.05, 0.1) is 22.2 Å². The van der Waals surface area contributed by atoms with Gasteiger partial charge >= 0.3 is 0 Å². The highest BCUT2D eigenvalue weighted by Crippen LogP contribution is 2.23. The topological polar surface area (TPSA) is 71.0 Å². The molecule has 2 aromatic heterocycles. The van der Waals surface area contributed by atoms with Gasteiger partial charge in [0.15, 0.2) is 5.82 Å². The second-order valence-corrected chi connectivity index (χ2v) is 4.08. The number of hydrogen-bond donors (Lipinski definition) is 1. The second kappa shape index (κ2) is 3.93. The number of aromatic nitrogens is 3. The second-order valence-electron chi connectivity index (χ2n) is 3.36. The largest absolute Gasteiger partial charge is 0.337 e. The van der Waals surface area contributed by atoms with E-state index in [4.69, 9.17) is 0 Å². The predicted molar refractivity (Wildman–Crippen MR) is 65.0 cm³/mol. The Labute approximate surface area is 99.9 Å². The Morgan fingerprint density at radius 3 is 3.12 bits per heavy atom. The SMILES string of the molecule is O=C=Nc1ccc2nc(-c3cscn3)[nH]c2c1. The fraction of sp³-hybridized carbons (Fsp3) is 0. The van der Waals surface area contributed by atoms with Gasteiger partial charge in [0.2, 0.25) is 6.08 Å². The van der Waals surface area contributed by atoms with Crippen molar-refractivity contribution in [1.82, 2.24) is 15.0 Å². The number of carbonyl (C=O) groups excluding carboxylic acids is 1. The zero-order valence-corrected chi connectivity index (χ0v) is 9.36. The first kappa shape index (κ1) is 9.89. The Balaban J connectivity index is 2.16. The summed E-state index contributed by atoms with van der Waals surface area (Å²) < 4.78 is 0. The molecule has 0 bridgehead atoms. The molecule has 1 aromatic carbocycles. The van der Waals surface area contributed by atoms with E-state index in [0.717, 1.165) is 16.7 Å². The number of nitrogens with one attached hydrogen (secondary N) is 1. The average Bonchev–Trinajstić information content (AvgIpc) is 2.97. The number of imidazole rings is 1. The summed E-state index contributed by atoms with van der Waals surface area (Å²) in [6, 6.07) is 5.28. The summed E-state index contributed by atoms with van der Waals surface area (Å²) in [6.45, 7) is 0. The first-order valence-corrected chi connectivity index (χ1v) is 5.77. The zero-order chi connectivity index (χ0) is 11.7. The molecule has 0 aliphatic heterocycles. The van der Waals surface area contributed by atoms with Crippen molar-refractivity contribution >= 4 is 34.1 Å². The molecule has 3 aromatic rings. The number of rotatable bonds is 2. The molecule has 0 amide bonds. The molecule has 0 aliphatic rings. The maximum Gasteiger partial charge on any atom is 0.240 e. The molecule has 0 atom stereocenters. The standard InChI is InChI=1S/C11H6N4OS/c16-5-12-7-1-2-8-9(3-7)15-11(14-8)10-4-17-6-13-10/h1-4,6H,(H,14,15). The molecule has 82 valence electrons. The van der Waals surface area contributed by atoms with Crippen LogP contribution >= 0.6 is 11.3 Å².